The fourth-order valence-corrected chi connectivity index (χ4v) is 15.6. The number of hydrogen-bond acceptors (Lipinski definition) is 6. The Morgan fingerprint density at radius 2 is 1.08 bits per heavy atom. The molecule has 0 aromatic heterocycles. The number of nitrogens with one attached hydrogen (secondary N) is 2. The van der Waals surface area contributed by atoms with Gasteiger partial charge in [-0.25, -0.2) is 0 Å². The maximum atomic E-state index is 12.3. The predicted molar refractivity (Wildman–Crippen MR) is 195 cm³/mol. The van der Waals surface area contributed by atoms with Gasteiger partial charge in [0.05, 0.1) is 30.0 Å². The average Bonchev–Trinajstić information content (AvgIpc) is 3.62. The van der Waals surface area contributed by atoms with E-state index in [4.69, 9.17) is 9.47 Å². The number of amides is 2. The Balaban J connectivity index is 0.000000154. The largest absolute Gasteiger partial charge is 0.469 e. The van der Waals surface area contributed by atoms with Crippen LogP contribution in [0.25, 0.3) is 0 Å². The highest BCUT2D eigenvalue weighted by Crippen LogP contribution is 2.67. The molecule has 0 aromatic rings. The molecule has 2 saturated heterocycles. The number of halogens is 1. The maximum absolute atomic E-state index is 12.3. The third kappa shape index (κ3) is 5.52. The molecule has 0 aromatic carbocycles. The summed E-state index contributed by atoms with van der Waals surface area (Å²) in [7, 11) is 3.06. The highest BCUT2D eigenvalue weighted by Gasteiger charge is 2.63. The fraction of sp³-hybridized carbons (Fsp3) is 0.900. The van der Waals surface area contributed by atoms with E-state index >= 15 is 0 Å². The van der Waals surface area contributed by atoms with Crippen LogP contribution < -0.4 is 10.6 Å². The van der Waals surface area contributed by atoms with Crippen molar-refractivity contribution < 1.29 is 28.7 Å². The van der Waals surface area contributed by atoms with Crippen molar-refractivity contribution in [3.8, 4) is 0 Å². The monoisotopic (exact) mass is 792 g/mol. The van der Waals surface area contributed by atoms with E-state index in [0.717, 1.165) is 63.7 Å². The first kappa shape index (κ1) is 36.0. The van der Waals surface area contributed by atoms with Crippen molar-refractivity contribution in [2.75, 3.05) is 14.2 Å². The minimum Gasteiger partial charge on any atom is -0.469 e. The Bertz CT molecular complexity index is 1360. The van der Waals surface area contributed by atoms with E-state index in [1.54, 1.807) is 0 Å². The van der Waals surface area contributed by atoms with Gasteiger partial charge < -0.3 is 20.1 Å². The summed E-state index contributed by atoms with van der Waals surface area (Å²) in [4.78, 5) is 48.6. The van der Waals surface area contributed by atoms with Crippen LogP contribution in [0.4, 0.5) is 0 Å². The Kier molecular flexibility index (Phi) is 9.49. The van der Waals surface area contributed by atoms with Gasteiger partial charge in [-0.1, -0.05) is 50.3 Å². The van der Waals surface area contributed by atoms with Crippen molar-refractivity contribution in [1.29, 1.82) is 0 Å². The Morgan fingerprint density at radius 1 is 0.612 bits per heavy atom. The van der Waals surface area contributed by atoms with E-state index in [9.17, 15) is 19.2 Å². The zero-order valence-electron chi connectivity index (χ0n) is 30.8. The summed E-state index contributed by atoms with van der Waals surface area (Å²) < 4.78 is 10.3. The minimum atomic E-state index is 0.000559. The zero-order chi connectivity index (χ0) is 35.1. The van der Waals surface area contributed by atoms with Gasteiger partial charge in [0.25, 0.3) is 0 Å². The molecule has 6 saturated carbocycles. The number of ether oxygens (including phenoxy) is 2. The lowest BCUT2D eigenvalue weighted by atomic mass is 9.47. The van der Waals surface area contributed by atoms with Gasteiger partial charge in [-0.15, -0.1) is 0 Å². The number of alkyl halides is 1. The second kappa shape index (κ2) is 12.9. The van der Waals surface area contributed by atoms with Crippen molar-refractivity contribution in [3.05, 3.63) is 0 Å². The highest BCUT2D eigenvalue weighted by atomic mass is 127. The molecule has 274 valence electrons. The first-order chi connectivity index (χ1) is 23.2. The molecule has 2 unspecified atom stereocenters. The minimum absolute atomic E-state index is 0.000559. The van der Waals surface area contributed by atoms with Gasteiger partial charge in [0.2, 0.25) is 11.8 Å². The summed E-state index contributed by atoms with van der Waals surface area (Å²) in [5.41, 5.74) is 0.698. The molecular weight excluding hydrogens is 731 g/mol. The van der Waals surface area contributed by atoms with Gasteiger partial charge in [-0.2, -0.15) is 0 Å². The molecule has 0 radical (unpaired) electrons. The van der Waals surface area contributed by atoms with E-state index < -0.39 is 0 Å². The van der Waals surface area contributed by atoms with Crippen molar-refractivity contribution in [2.45, 2.75) is 140 Å². The first-order valence-corrected chi connectivity index (χ1v) is 20.8. The maximum Gasteiger partial charge on any atom is 0.309 e. The number of esters is 2. The molecule has 8 rings (SSSR count). The first-order valence-electron chi connectivity index (χ1n) is 19.6. The Hall–Kier alpha value is -1.39. The van der Waals surface area contributed by atoms with E-state index in [1.165, 1.54) is 46.3 Å². The number of hydrogen-bond donors (Lipinski definition) is 2. The van der Waals surface area contributed by atoms with Gasteiger partial charge in [0, 0.05) is 18.5 Å². The summed E-state index contributed by atoms with van der Waals surface area (Å²) in [6.07, 6.45) is 16.3. The van der Waals surface area contributed by atoms with Crippen molar-refractivity contribution in [1.82, 2.24) is 10.6 Å². The molecule has 49 heavy (non-hydrogen) atoms. The van der Waals surface area contributed by atoms with Crippen LogP contribution in [0.15, 0.2) is 0 Å². The van der Waals surface area contributed by atoms with Crippen LogP contribution in [0.3, 0.4) is 0 Å². The lowest BCUT2D eigenvalue weighted by Crippen LogP contribution is -2.63. The van der Waals surface area contributed by atoms with Crippen LogP contribution in [0.5, 0.6) is 0 Å². The second-order valence-electron chi connectivity index (χ2n) is 18.7. The quantitative estimate of drug-likeness (QED) is 0.177. The molecule has 2 amide bonds. The van der Waals surface area contributed by atoms with Crippen molar-refractivity contribution in [3.63, 3.8) is 0 Å². The van der Waals surface area contributed by atoms with Crippen LogP contribution in [0.1, 0.15) is 124 Å². The molecule has 15 atom stereocenters. The van der Waals surface area contributed by atoms with Gasteiger partial charge in [-0.05, 0) is 147 Å². The topological polar surface area (TPSA) is 111 Å². The Morgan fingerprint density at radius 3 is 1.59 bits per heavy atom. The van der Waals surface area contributed by atoms with Crippen molar-refractivity contribution >= 4 is 46.3 Å². The molecule has 9 heteroatoms. The molecule has 8 nitrogen and oxygen atoms in total. The van der Waals surface area contributed by atoms with E-state index in [1.807, 2.05) is 0 Å². The number of fused-ring (bicyclic) bond motifs is 10. The average molecular weight is 793 g/mol. The van der Waals surface area contributed by atoms with Crippen molar-refractivity contribution in [2.24, 2.45) is 69.0 Å². The molecule has 2 N–H and O–H groups in total. The van der Waals surface area contributed by atoms with Crippen LogP contribution in [0.2, 0.25) is 0 Å². The van der Waals surface area contributed by atoms with Gasteiger partial charge in [0.15, 0.2) is 0 Å². The third-order valence-corrected chi connectivity index (χ3v) is 18.2. The lowest BCUT2D eigenvalue weighted by molar-refractivity contribution is -0.156. The second-order valence-corrected chi connectivity index (χ2v) is 20.2. The number of rotatable bonds is 2. The number of carbonyl (C=O) groups excluding carboxylic acids is 4. The highest BCUT2D eigenvalue weighted by molar-refractivity contribution is 14.1. The van der Waals surface area contributed by atoms with Gasteiger partial charge in [0.1, 0.15) is 0 Å². The number of carbonyl (C=O) groups is 4. The molecule has 0 bridgehead atoms. The smallest absolute Gasteiger partial charge is 0.309 e. The molecule has 0 spiro atoms. The van der Waals surface area contributed by atoms with Gasteiger partial charge >= 0.3 is 11.9 Å². The SMILES string of the molecule is COC(=O)[C@H]1CC[C@H]2[C@@H]3CC[C@H]4NC(=O)CC[C@]4(C)C3CC[C@]12C.COC(=O)[C@H]1CC[C@H]2[C@@H]3CC[C@H]4NC(=O)[C@H](I)C[C@]4(C)C3CC[C@]12C. The summed E-state index contributed by atoms with van der Waals surface area (Å²) >= 11 is 2.32. The number of piperidine rings is 2. The lowest BCUT2D eigenvalue weighted by Gasteiger charge is -2.60. The van der Waals surface area contributed by atoms with E-state index in [0.29, 0.717) is 48.1 Å². The zero-order valence-corrected chi connectivity index (χ0v) is 32.9. The molecule has 6 aliphatic carbocycles. The molecule has 2 heterocycles. The normalized spacial score (nSPS) is 51.0. The van der Waals surface area contributed by atoms with Crippen LogP contribution in [0, 0.1) is 69.0 Å². The molecule has 2 aliphatic heterocycles. The van der Waals surface area contributed by atoms with E-state index in [-0.39, 0.29) is 61.2 Å². The Labute approximate surface area is 307 Å². The predicted octanol–water partition coefficient (Wildman–Crippen LogP) is 7.01. The summed E-state index contributed by atoms with van der Waals surface area (Å²) in [5.74, 6) is 4.73. The fourth-order valence-electron chi connectivity index (χ4n) is 14.5. The van der Waals surface area contributed by atoms with E-state index in [2.05, 4.69) is 60.9 Å². The summed E-state index contributed by atoms with van der Waals surface area (Å²) in [6, 6.07) is 0.705. The summed E-state index contributed by atoms with van der Waals surface area (Å²) in [5, 5.41) is 6.61. The molecular formula is C40H61IN2O6. The standard InChI is InChI=1S/C20H30INO3.C20H31NO3/c1-19-9-8-13-11(12(19)5-6-14(19)18(24)25-3)4-7-16-20(13,2)10-15(21)17(23)22-16;1-19-10-8-14-12(13(19)5-6-15(19)18(23)24-3)4-7-16-20(14,2)11-9-17(22)21-16/h11-16H,4-10H2,1-3H3,(H,22,23);12-16H,4-11H2,1-3H3,(H,21,22)/t11-,12-,13?,14+,15+,16+,19-,20+;12-,13-,14?,15+,16+,19-,20+/m00/s1. The van der Waals surface area contributed by atoms with Crippen LogP contribution in [-0.2, 0) is 28.7 Å². The van der Waals surface area contributed by atoms with Crippen LogP contribution in [-0.4, -0.2) is 54.0 Å². The number of methoxy groups -OCH3 is 2. The molecule has 8 aliphatic rings. The van der Waals surface area contributed by atoms with Crippen LogP contribution >= 0.6 is 22.6 Å². The third-order valence-electron chi connectivity index (χ3n) is 17.2. The molecule has 8 fully saturated rings. The van der Waals surface area contributed by atoms with Gasteiger partial charge in [-0.3, -0.25) is 19.2 Å². The summed E-state index contributed by atoms with van der Waals surface area (Å²) in [6.45, 7) is 9.54.